The van der Waals surface area contributed by atoms with Gasteiger partial charge in [0.25, 0.3) is 5.91 Å². The minimum absolute atomic E-state index is 0.174. The van der Waals surface area contributed by atoms with E-state index in [1.807, 2.05) is 52.0 Å². The van der Waals surface area contributed by atoms with Gasteiger partial charge in [0.2, 0.25) is 5.91 Å². The lowest BCUT2D eigenvalue weighted by molar-refractivity contribution is -0.122. The molecule has 1 heterocycles. The SMILES string of the molecule is CCC[C@H](N)C(=O)NCc1cccc(Nc2c(C(N)=O)cnc3cc(OCC)c(OCC)cc23)c1CC. The number of benzene rings is 2. The molecule has 0 spiro atoms. The minimum Gasteiger partial charge on any atom is -0.490 e. The van der Waals surface area contributed by atoms with Crippen LogP contribution in [0.4, 0.5) is 11.4 Å². The first-order valence-corrected chi connectivity index (χ1v) is 12.8. The quantitative estimate of drug-likeness (QED) is 0.272. The van der Waals surface area contributed by atoms with Gasteiger partial charge in [-0.05, 0) is 49.9 Å². The molecule has 1 aromatic heterocycles. The van der Waals surface area contributed by atoms with Gasteiger partial charge >= 0.3 is 0 Å². The Balaban J connectivity index is 2.06. The molecular formula is C28H37N5O4. The zero-order chi connectivity index (χ0) is 26.9. The predicted molar refractivity (Wildman–Crippen MR) is 146 cm³/mol. The van der Waals surface area contributed by atoms with Gasteiger partial charge in [-0.1, -0.05) is 32.4 Å². The van der Waals surface area contributed by atoms with Crippen molar-refractivity contribution >= 4 is 34.1 Å². The normalized spacial score (nSPS) is 11.7. The molecule has 0 aliphatic heterocycles. The summed E-state index contributed by atoms with van der Waals surface area (Å²) in [4.78, 5) is 29.2. The number of carbonyl (C=O) groups excluding carboxylic acids is 2. The molecule has 9 nitrogen and oxygen atoms in total. The second-order valence-electron chi connectivity index (χ2n) is 8.63. The summed E-state index contributed by atoms with van der Waals surface area (Å²) >= 11 is 0. The number of fused-ring (bicyclic) bond motifs is 1. The number of nitrogens with two attached hydrogens (primary N) is 2. The molecule has 198 valence electrons. The summed E-state index contributed by atoms with van der Waals surface area (Å²) in [6, 6.07) is 8.89. The van der Waals surface area contributed by atoms with Crippen LogP contribution in [0.25, 0.3) is 10.9 Å². The molecule has 0 aliphatic rings. The van der Waals surface area contributed by atoms with Gasteiger partial charge in [-0.2, -0.15) is 0 Å². The standard InChI is InChI=1S/C28H37N5O4/c1-5-10-21(29)28(35)32-15-17-11-9-12-22(18(17)6-2)33-26-19-13-24(36-7-3)25(37-8-4)14-23(19)31-16-20(26)27(30)34/h9,11-14,16,21H,5-8,10,15,29H2,1-4H3,(H2,30,34)(H,31,33)(H,32,35)/t21-/m0/s1. The van der Waals surface area contributed by atoms with Gasteiger partial charge in [-0.3, -0.25) is 14.6 Å². The van der Waals surface area contributed by atoms with Crippen molar-refractivity contribution in [2.45, 2.75) is 59.5 Å². The number of nitrogens with one attached hydrogen (secondary N) is 2. The molecule has 0 fully saturated rings. The van der Waals surface area contributed by atoms with E-state index in [-0.39, 0.29) is 11.5 Å². The Morgan fingerprint density at radius 3 is 2.38 bits per heavy atom. The summed E-state index contributed by atoms with van der Waals surface area (Å²) in [5.74, 6) is 0.358. The summed E-state index contributed by atoms with van der Waals surface area (Å²) in [7, 11) is 0. The van der Waals surface area contributed by atoms with E-state index in [4.69, 9.17) is 20.9 Å². The van der Waals surface area contributed by atoms with Crippen molar-refractivity contribution < 1.29 is 19.1 Å². The lowest BCUT2D eigenvalue weighted by atomic mass is 10.0. The first-order chi connectivity index (χ1) is 17.8. The highest BCUT2D eigenvalue weighted by Gasteiger charge is 2.19. The van der Waals surface area contributed by atoms with Crippen LogP contribution >= 0.6 is 0 Å². The summed E-state index contributed by atoms with van der Waals surface area (Å²) in [6.07, 6.45) is 3.64. The van der Waals surface area contributed by atoms with Crippen LogP contribution in [-0.2, 0) is 17.8 Å². The van der Waals surface area contributed by atoms with Crippen LogP contribution in [0.2, 0.25) is 0 Å². The Morgan fingerprint density at radius 1 is 1.05 bits per heavy atom. The molecule has 0 saturated heterocycles. The van der Waals surface area contributed by atoms with Crippen LogP contribution in [0.1, 0.15) is 62.0 Å². The van der Waals surface area contributed by atoms with E-state index in [0.717, 1.165) is 23.2 Å². The highest BCUT2D eigenvalue weighted by molar-refractivity contribution is 6.08. The number of hydrogen-bond donors (Lipinski definition) is 4. The van der Waals surface area contributed by atoms with Crippen molar-refractivity contribution in [3.05, 3.63) is 53.2 Å². The monoisotopic (exact) mass is 507 g/mol. The largest absolute Gasteiger partial charge is 0.490 e. The van der Waals surface area contributed by atoms with Gasteiger partial charge in [0.05, 0.1) is 36.0 Å². The van der Waals surface area contributed by atoms with E-state index in [1.165, 1.54) is 6.20 Å². The number of pyridine rings is 1. The second kappa shape index (κ2) is 12.9. The van der Waals surface area contributed by atoms with Crippen LogP contribution < -0.4 is 31.6 Å². The molecule has 1 atom stereocenters. The first-order valence-electron chi connectivity index (χ1n) is 12.8. The molecule has 3 aromatic rings. The number of aromatic nitrogens is 1. The Labute approximate surface area is 217 Å². The van der Waals surface area contributed by atoms with Gasteiger partial charge in [0.1, 0.15) is 0 Å². The zero-order valence-electron chi connectivity index (χ0n) is 22.0. The van der Waals surface area contributed by atoms with Crippen molar-refractivity contribution in [1.82, 2.24) is 10.3 Å². The minimum atomic E-state index is -0.602. The van der Waals surface area contributed by atoms with E-state index < -0.39 is 11.9 Å². The third-order valence-electron chi connectivity index (χ3n) is 6.07. The summed E-state index contributed by atoms with van der Waals surface area (Å²) in [6.45, 7) is 9.10. The summed E-state index contributed by atoms with van der Waals surface area (Å²) in [5.41, 5.74) is 15.9. The van der Waals surface area contributed by atoms with Crippen molar-refractivity contribution in [3.8, 4) is 11.5 Å². The third-order valence-corrected chi connectivity index (χ3v) is 6.07. The number of hydrogen-bond acceptors (Lipinski definition) is 7. The Bertz CT molecular complexity index is 1260. The zero-order valence-corrected chi connectivity index (χ0v) is 22.0. The number of amides is 2. The molecule has 0 radical (unpaired) electrons. The average Bonchev–Trinajstić information content (AvgIpc) is 2.88. The molecule has 37 heavy (non-hydrogen) atoms. The van der Waals surface area contributed by atoms with Crippen LogP contribution in [0.3, 0.4) is 0 Å². The second-order valence-corrected chi connectivity index (χ2v) is 8.63. The van der Waals surface area contributed by atoms with E-state index in [0.29, 0.717) is 60.7 Å². The Morgan fingerprint density at radius 2 is 1.76 bits per heavy atom. The molecule has 0 bridgehead atoms. The van der Waals surface area contributed by atoms with Crippen LogP contribution in [0, 0.1) is 0 Å². The van der Waals surface area contributed by atoms with Crippen LogP contribution in [0.5, 0.6) is 11.5 Å². The van der Waals surface area contributed by atoms with E-state index in [2.05, 4.69) is 15.6 Å². The highest BCUT2D eigenvalue weighted by atomic mass is 16.5. The van der Waals surface area contributed by atoms with Gasteiger partial charge in [0, 0.05) is 29.9 Å². The van der Waals surface area contributed by atoms with Crippen molar-refractivity contribution in [1.29, 1.82) is 0 Å². The third kappa shape index (κ3) is 6.48. The fraction of sp³-hybridized carbons (Fsp3) is 0.393. The number of anilines is 2. The number of nitrogens with zero attached hydrogens (tertiary/aromatic N) is 1. The lowest BCUT2D eigenvalue weighted by Crippen LogP contribution is -2.40. The van der Waals surface area contributed by atoms with Crippen molar-refractivity contribution in [3.63, 3.8) is 0 Å². The number of primary amides is 1. The fourth-order valence-electron chi connectivity index (χ4n) is 4.28. The summed E-state index contributed by atoms with van der Waals surface area (Å²) < 4.78 is 11.6. The van der Waals surface area contributed by atoms with Gasteiger partial charge in [-0.15, -0.1) is 0 Å². The van der Waals surface area contributed by atoms with Gasteiger partial charge < -0.3 is 31.6 Å². The van der Waals surface area contributed by atoms with Crippen LogP contribution in [-0.4, -0.2) is 36.1 Å². The fourth-order valence-corrected chi connectivity index (χ4v) is 4.28. The van der Waals surface area contributed by atoms with Crippen molar-refractivity contribution in [2.75, 3.05) is 18.5 Å². The Hall–Kier alpha value is -3.85. The van der Waals surface area contributed by atoms with E-state index in [9.17, 15) is 9.59 Å². The molecule has 0 aliphatic carbocycles. The maximum Gasteiger partial charge on any atom is 0.252 e. The average molecular weight is 508 g/mol. The smallest absolute Gasteiger partial charge is 0.252 e. The molecule has 0 unspecified atom stereocenters. The Kier molecular flexibility index (Phi) is 9.68. The maximum absolute atomic E-state index is 12.4. The van der Waals surface area contributed by atoms with E-state index in [1.54, 1.807) is 6.07 Å². The highest BCUT2D eigenvalue weighted by Crippen LogP contribution is 2.38. The number of ether oxygens (including phenoxy) is 2. The van der Waals surface area contributed by atoms with Gasteiger partial charge in [-0.25, -0.2) is 0 Å². The molecule has 9 heteroatoms. The molecule has 3 rings (SSSR count). The maximum atomic E-state index is 12.4. The first kappa shape index (κ1) is 27.7. The molecule has 2 aromatic carbocycles. The number of carbonyl (C=O) groups is 2. The number of rotatable bonds is 13. The summed E-state index contributed by atoms with van der Waals surface area (Å²) in [5, 5.41) is 7.05. The van der Waals surface area contributed by atoms with E-state index >= 15 is 0 Å². The predicted octanol–water partition coefficient (Wildman–Crippen LogP) is 4.18. The van der Waals surface area contributed by atoms with Gasteiger partial charge in [0.15, 0.2) is 11.5 Å². The van der Waals surface area contributed by atoms with Crippen LogP contribution in [0.15, 0.2) is 36.5 Å². The molecular weight excluding hydrogens is 470 g/mol. The van der Waals surface area contributed by atoms with Crippen molar-refractivity contribution in [2.24, 2.45) is 11.5 Å². The molecule has 6 N–H and O–H groups in total. The molecule has 2 amide bonds. The topological polar surface area (TPSA) is 142 Å². The molecule has 0 saturated carbocycles. The lowest BCUT2D eigenvalue weighted by Gasteiger charge is -2.20.